The summed E-state index contributed by atoms with van der Waals surface area (Å²) in [5, 5.41) is 6.63. The van der Waals surface area contributed by atoms with Gasteiger partial charge in [-0.1, -0.05) is 0 Å². The highest BCUT2D eigenvalue weighted by molar-refractivity contribution is 6.03. The van der Waals surface area contributed by atoms with E-state index in [1.165, 1.54) is 34.8 Å². The number of aromatic nitrogens is 4. The Morgan fingerprint density at radius 1 is 1.33 bits per heavy atom. The third-order valence-electron chi connectivity index (χ3n) is 2.79. The highest BCUT2D eigenvalue weighted by Crippen LogP contribution is 2.09. The molecule has 0 radical (unpaired) electrons. The van der Waals surface area contributed by atoms with Gasteiger partial charge in [0, 0.05) is 11.6 Å². The summed E-state index contributed by atoms with van der Waals surface area (Å²) in [6, 6.07) is 6.26. The Kier molecular flexibility index (Phi) is 2.98. The van der Waals surface area contributed by atoms with E-state index in [0.29, 0.717) is 5.82 Å². The number of carbonyl (C=O) groups excluding carboxylic acids is 1. The molecule has 3 aromatic rings. The van der Waals surface area contributed by atoms with E-state index in [0.717, 1.165) is 0 Å². The SMILES string of the molecule is Cc1nc2[nH]c(=O)cc(NC(=O)c3ccc(F)cc3)n2n1. The van der Waals surface area contributed by atoms with Crippen LogP contribution in [0.5, 0.6) is 0 Å². The summed E-state index contributed by atoms with van der Waals surface area (Å²) in [4.78, 5) is 30.1. The Morgan fingerprint density at radius 2 is 2.05 bits per heavy atom. The molecule has 7 nitrogen and oxygen atoms in total. The number of amides is 1. The first-order chi connectivity index (χ1) is 10.0. The number of fused-ring (bicyclic) bond motifs is 1. The van der Waals surface area contributed by atoms with Crippen LogP contribution in [0.25, 0.3) is 5.78 Å². The van der Waals surface area contributed by atoms with Gasteiger partial charge in [-0.2, -0.15) is 9.50 Å². The van der Waals surface area contributed by atoms with Crippen molar-refractivity contribution in [2.75, 3.05) is 5.32 Å². The van der Waals surface area contributed by atoms with Gasteiger partial charge in [0.15, 0.2) is 0 Å². The summed E-state index contributed by atoms with van der Waals surface area (Å²) < 4.78 is 14.2. The zero-order valence-corrected chi connectivity index (χ0v) is 10.9. The zero-order valence-electron chi connectivity index (χ0n) is 10.9. The van der Waals surface area contributed by atoms with Crippen LogP contribution in [0.4, 0.5) is 10.2 Å². The Balaban J connectivity index is 1.99. The summed E-state index contributed by atoms with van der Waals surface area (Å²) in [6.45, 7) is 1.66. The number of aromatic amines is 1. The quantitative estimate of drug-likeness (QED) is 0.738. The fraction of sp³-hybridized carbons (Fsp3) is 0.0769. The van der Waals surface area contributed by atoms with Gasteiger partial charge in [0.05, 0.1) is 0 Å². The van der Waals surface area contributed by atoms with Crippen LogP contribution in [0.3, 0.4) is 0 Å². The summed E-state index contributed by atoms with van der Waals surface area (Å²) >= 11 is 0. The Morgan fingerprint density at radius 3 is 2.76 bits per heavy atom. The highest BCUT2D eigenvalue weighted by Gasteiger charge is 2.11. The van der Waals surface area contributed by atoms with Crippen molar-refractivity contribution in [2.45, 2.75) is 6.92 Å². The smallest absolute Gasteiger partial charge is 0.256 e. The van der Waals surface area contributed by atoms with Gasteiger partial charge in [-0.05, 0) is 31.2 Å². The van der Waals surface area contributed by atoms with Crippen molar-refractivity contribution in [3.05, 3.63) is 57.9 Å². The van der Waals surface area contributed by atoms with Crippen LogP contribution in [-0.4, -0.2) is 25.5 Å². The lowest BCUT2D eigenvalue weighted by Gasteiger charge is -2.06. The molecular formula is C13H10FN5O2. The monoisotopic (exact) mass is 287 g/mol. The first-order valence-electron chi connectivity index (χ1n) is 6.06. The number of H-pyrrole nitrogens is 1. The molecule has 1 aromatic carbocycles. The maximum absolute atomic E-state index is 12.8. The molecule has 2 N–H and O–H groups in total. The van der Waals surface area contributed by atoms with Gasteiger partial charge in [-0.15, -0.1) is 5.10 Å². The van der Waals surface area contributed by atoms with Crippen LogP contribution in [0.1, 0.15) is 16.2 Å². The first-order valence-corrected chi connectivity index (χ1v) is 6.06. The number of hydrogen-bond acceptors (Lipinski definition) is 4. The molecule has 0 atom stereocenters. The van der Waals surface area contributed by atoms with Crippen molar-refractivity contribution in [1.29, 1.82) is 0 Å². The molecule has 3 rings (SSSR count). The van der Waals surface area contributed by atoms with E-state index in [4.69, 9.17) is 0 Å². The predicted octanol–water partition coefficient (Wildman–Crippen LogP) is 1.12. The summed E-state index contributed by atoms with van der Waals surface area (Å²) in [7, 11) is 0. The van der Waals surface area contributed by atoms with Crippen LogP contribution >= 0.6 is 0 Å². The molecule has 106 valence electrons. The van der Waals surface area contributed by atoms with Crippen molar-refractivity contribution in [3.63, 3.8) is 0 Å². The standard InChI is InChI=1S/C13H10FN5O2/c1-7-15-13-17-11(20)6-10(19(13)18-7)16-12(21)8-2-4-9(14)5-3-8/h2-6H,1H3,(H,16,21)(H,15,17,18,20). The lowest BCUT2D eigenvalue weighted by atomic mass is 10.2. The van der Waals surface area contributed by atoms with E-state index in [-0.39, 0.29) is 17.2 Å². The van der Waals surface area contributed by atoms with Gasteiger partial charge in [-0.25, -0.2) is 4.39 Å². The molecule has 2 aromatic heterocycles. The minimum Gasteiger partial charge on any atom is -0.306 e. The Bertz CT molecular complexity index is 882. The molecule has 0 unspecified atom stereocenters. The van der Waals surface area contributed by atoms with Gasteiger partial charge in [0.1, 0.15) is 17.5 Å². The molecule has 0 spiro atoms. The predicted molar refractivity (Wildman–Crippen MR) is 72.7 cm³/mol. The second-order valence-electron chi connectivity index (χ2n) is 4.37. The van der Waals surface area contributed by atoms with Gasteiger partial charge in [0.2, 0.25) is 5.78 Å². The summed E-state index contributed by atoms with van der Waals surface area (Å²) in [5.41, 5.74) is -0.147. The minimum atomic E-state index is -0.477. The Hall–Kier alpha value is -3.03. The van der Waals surface area contributed by atoms with E-state index >= 15 is 0 Å². The van der Waals surface area contributed by atoms with Gasteiger partial charge in [0.25, 0.3) is 11.5 Å². The third-order valence-corrected chi connectivity index (χ3v) is 2.79. The number of hydrogen-bond donors (Lipinski definition) is 2. The van der Waals surface area contributed by atoms with Crippen molar-refractivity contribution < 1.29 is 9.18 Å². The Labute approximate surface area is 117 Å². The third kappa shape index (κ3) is 2.50. The van der Waals surface area contributed by atoms with Crippen molar-refractivity contribution >= 4 is 17.5 Å². The van der Waals surface area contributed by atoms with E-state index in [1.807, 2.05) is 0 Å². The van der Waals surface area contributed by atoms with Crippen LogP contribution < -0.4 is 10.9 Å². The largest absolute Gasteiger partial charge is 0.306 e. The van der Waals surface area contributed by atoms with E-state index in [9.17, 15) is 14.0 Å². The number of benzene rings is 1. The number of anilines is 1. The number of rotatable bonds is 2. The average Bonchev–Trinajstić information content (AvgIpc) is 2.79. The molecular weight excluding hydrogens is 277 g/mol. The maximum atomic E-state index is 12.8. The van der Waals surface area contributed by atoms with E-state index in [2.05, 4.69) is 20.4 Å². The lowest BCUT2D eigenvalue weighted by molar-refractivity contribution is 0.102. The van der Waals surface area contributed by atoms with Crippen LogP contribution in [-0.2, 0) is 0 Å². The number of carbonyl (C=O) groups is 1. The lowest BCUT2D eigenvalue weighted by Crippen LogP contribution is -2.18. The maximum Gasteiger partial charge on any atom is 0.256 e. The summed E-state index contributed by atoms with van der Waals surface area (Å²) in [5.74, 6) is -0.0423. The number of nitrogens with one attached hydrogen (secondary N) is 2. The van der Waals surface area contributed by atoms with Crippen LogP contribution in [0.15, 0.2) is 35.1 Å². The molecule has 21 heavy (non-hydrogen) atoms. The molecule has 0 bridgehead atoms. The molecule has 0 saturated heterocycles. The molecule has 0 saturated carbocycles. The second-order valence-corrected chi connectivity index (χ2v) is 4.37. The van der Waals surface area contributed by atoms with Crippen LogP contribution in [0.2, 0.25) is 0 Å². The van der Waals surface area contributed by atoms with Gasteiger partial charge < -0.3 is 5.32 Å². The fourth-order valence-corrected chi connectivity index (χ4v) is 1.87. The fourth-order valence-electron chi connectivity index (χ4n) is 1.87. The number of halogens is 1. The number of nitrogens with zero attached hydrogens (tertiary/aromatic N) is 3. The van der Waals surface area contributed by atoms with Crippen LogP contribution in [0, 0.1) is 12.7 Å². The topological polar surface area (TPSA) is 92.1 Å². The molecule has 0 aliphatic carbocycles. The number of aryl methyl sites for hydroxylation is 1. The van der Waals surface area contributed by atoms with E-state index < -0.39 is 17.3 Å². The first kappa shape index (κ1) is 13.0. The summed E-state index contributed by atoms with van der Waals surface area (Å²) in [6.07, 6.45) is 0. The van der Waals surface area contributed by atoms with Crippen molar-refractivity contribution in [2.24, 2.45) is 0 Å². The molecule has 2 heterocycles. The minimum absolute atomic E-state index is 0.184. The van der Waals surface area contributed by atoms with Crippen molar-refractivity contribution in [3.8, 4) is 0 Å². The molecule has 0 aliphatic rings. The highest BCUT2D eigenvalue weighted by atomic mass is 19.1. The van der Waals surface area contributed by atoms with Gasteiger partial charge >= 0.3 is 0 Å². The molecule has 0 aliphatic heterocycles. The zero-order chi connectivity index (χ0) is 15.0. The second kappa shape index (κ2) is 4.82. The normalized spacial score (nSPS) is 10.8. The molecule has 1 amide bonds. The average molecular weight is 287 g/mol. The molecule has 0 fully saturated rings. The van der Waals surface area contributed by atoms with E-state index in [1.54, 1.807) is 6.92 Å². The molecule has 8 heteroatoms. The van der Waals surface area contributed by atoms with Crippen molar-refractivity contribution in [1.82, 2.24) is 19.6 Å². The van der Waals surface area contributed by atoms with Gasteiger partial charge in [-0.3, -0.25) is 14.6 Å².